The molecule has 18 heavy (non-hydrogen) atoms. The molecule has 0 aromatic carbocycles. The molecule has 1 amide bonds. The molecule has 2 N–H and O–H groups in total. The number of amides is 1. The summed E-state index contributed by atoms with van der Waals surface area (Å²) in [5.41, 5.74) is 1.25. The Labute approximate surface area is 107 Å². The van der Waals surface area contributed by atoms with Gasteiger partial charge in [0.1, 0.15) is 11.4 Å². The molecule has 5 nitrogen and oxygen atoms in total. The van der Waals surface area contributed by atoms with E-state index >= 15 is 0 Å². The van der Waals surface area contributed by atoms with Crippen molar-refractivity contribution in [3.63, 3.8) is 0 Å². The lowest BCUT2D eigenvalue weighted by Gasteiger charge is -2.11. The van der Waals surface area contributed by atoms with Crippen LogP contribution in [-0.2, 0) is 11.4 Å². The Kier molecular flexibility index (Phi) is 5.58. The van der Waals surface area contributed by atoms with Gasteiger partial charge in [-0.05, 0) is 25.0 Å². The summed E-state index contributed by atoms with van der Waals surface area (Å²) in [6, 6.07) is 3.49. The van der Waals surface area contributed by atoms with E-state index in [0.29, 0.717) is 23.9 Å². The molecule has 0 atom stereocenters. The van der Waals surface area contributed by atoms with E-state index in [9.17, 15) is 4.79 Å². The Morgan fingerprint density at radius 3 is 2.83 bits per heavy atom. The van der Waals surface area contributed by atoms with Crippen LogP contribution >= 0.6 is 0 Å². The number of rotatable bonds is 6. The number of carbonyl (C=O) groups is 1. The summed E-state index contributed by atoms with van der Waals surface area (Å²) in [7, 11) is 0. The SMILES string of the molecule is Cc1ccc(OCC(=O)NCC(C)C)c(CO)n1. The van der Waals surface area contributed by atoms with Crippen LogP contribution in [0.1, 0.15) is 25.2 Å². The monoisotopic (exact) mass is 252 g/mol. The Hall–Kier alpha value is -1.62. The molecule has 1 rings (SSSR count). The fourth-order valence-corrected chi connectivity index (χ4v) is 1.35. The molecule has 100 valence electrons. The number of aryl methyl sites for hydroxylation is 1. The number of aliphatic hydroxyl groups is 1. The molecule has 0 saturated heterocycles. The minimum Gasteiger partial charge on any atom is -0.482 e. The van der Waals surface area contributed by atoms with Crippen molar-refractivity contribution in [3.05, 3.63) is 23.5 Å². The molecule has 0 unspecified atom stereocenters. The quantitative estimate of drug-likeness (QED) is 0.793. The van der Waals surface area contributed by atoms with Gasteiger partial charge in [0.2, 0.25) is 0 Å². The van der Waals surface area contributed by atoms with Crippen molar-refractivity contribution in [1.29, 1.82) is 0 Å². The van der Waals surface area contributed by atoms with Crippen molar-refractivity contribution < 1.29 is 14.6 Å². The Balaban J connectivity index is 2.50. The third-order valence-corrected chi connectivity index (χ3v) is 2.29. The van der Waals surface area contributed by atoms with Crippen LogP contribution in [0, 0.1) is 12.8 Å². The van der Waals surface area contributed by atoms with E-state index < -0.39 is 0 Å². The van der Waals surface area contributed by atoms with Gasteiger partial charge < -0.3 is 15.2 Å². The first-order valence-electron chi connectivity index (χ1n) is 5.99. The van der Waals surface area contributed by atoms with Gasteiger partial charge in [-0.15, -0.1) is 0 Å². The highest BCUT2D eigenvalue weighted by molar-refractivity contribution is 5.77. The standard InChI is InChI=1S/C13H20N2O3/c1-9(2)6-14-13(17)8-18-12-5-4-10(3)15-11(12)7-16/h4-5,9,16H,6-8H2,1-3H3,(H,14,17). The summed E-state index contributed by atoms with van der Waals surface area (Å²) in [5, 5.41) is 11.9. The first-order chi connectivity index (χ1) is 8.52. The molecule has 0 saturated carbocycles. The van der Waals surface area contributed by atoms with Crippen LogP contribution in [0.15, 0.2) is 12.1 Å². The molecule has 1 aromatic rings. The number of hydrogen-bond acceptors (Lipinski definition) is 4. The Morgan fingerprint density at radius 1 is 1.50 bits per heavy atom. The van der Waals surface area contributed by atoms with Gasteiger partial charge in [-0.1, -0.05) is 13.8 Å². The number of hydrogen-bond donors (Lipinski definition) is 2. The molecule has 0 aliphatic carbocycles. The van der Waals surface area contributed by atoms with Crippen LogP contribution in [0.4, 0.5) is 0 Å². The second kappa shape index (κ2) is 6.96. The molecule has 5 heteroatoms. The van der Waals surface area contributed by atoms with Gasteiger partial charge in [-0.2, -0.15) is 0 Å². The maximum absolute atomic E-state index is 11.5. The van der Waals surface area contributed by atoms with E-state index in [1.165, 1.54) is 0 Å². The number of nitrogens with zero attached hydrogens (tertiary/aromatic N) is 1. The maximum Gasteiger partial charge on any atom is 0.257 e. The highest BCUT2D eigenvalue weighted by Gasteiger charge is 2.08. The van der Waals surface area contributed by atoms with Crippen molar-refractivity contribution in [2.24, 2.45) is 5.92 Å². The molecular weight excluding hydrogens is 232 g/mol. The fourth-order valence-electron chi connectivity index (χ4n) is 1.35. The predicted octanol–water partition coefficient (Wildman–Crippen LogP) is 1.03. The van der Waals surface area contributed by atoms with Crippen LogP contribution in [-0.4, -0.2) is 29.1 Å². The van der Waals surface area contributed by atoms with Gasteiger partial charge in [0.05, 0.1) is 6.61 Å². The van der Waals surface area contributed by atoms with Gasteiger partial charge in [-0.3, -0.25) is 9.78 Å². The van der Waals surface area contributed by atoms with E-state index in [-0.39, 0.29) is 19.1 Å². The topological polar surface area (TPSA) is 71.5 Å². The maximum atomic E-state index is 11.5. The molecule has 0 fully saturated rings. The summed E-state index contributed by atoms with van der Waals surface area (Å²) >= 11 is 0. The lowest BCUT2D eigenvalue weighted by molar-refractivity contribution is -0.123. The number of nitrogens with one attached hydrogen (secondary N) is 1. The van der Waals surface area contributed by atoms with Gasteiger partial charge in [-0.25, -0.2) is 0 Å². The van der Waals surface area contributed by atoms with Crippen molar-refractivity contribution >= 4 is 5.91 Å². The zero-order valence-corrected chi connectivity index (χ0v) is 11.1. The molecule has 1 heterocycles. The van der Waals surface area contributed by atoms with E-state index in [1.54, 1.807) is 12.1 Å². The second-order valence-corrected chi connectivity index (χ2v) is 4.54. The van der Waals surface area contributed by atoms with Gasteiger partial charge in [0, 0.05) is 12.2 Å². The van der Waals surface area contributed by atoms with Crippen molar-refractivity contribution in [1.82, 2.24) is 10.3 Å². The lowest BCUT2D eigenvalue weighted by Crippen LogP contribution is -2.31. The average Bonchev–Trinajstić information content (AvgIpc) is 2.34. The summed E-state index contributed by atoms with van der Waals surface area (Å²) in [5.74, 6) is 0.680. The smallest absolute Gasteiger partial charge is 0.257 e. The number of pyridine rings is 1. The minimum atomic E-state index is -0.204. The molecule has 0 bridgehead atoms. The Morgan fingerprint density at radius 2 is 2.22 bits per heavy atom. The zero-order valence-electron chi connectivity index (χ0n) is 11.1. The highest BCUT2D eigenvalue weighted by Crippen LogP contribution is 2.16. The van der Waals surface area contributed by atoms with Crippen LogP contribution in [0.3, 0.4) is 0 Å². The zero-order chi connectivity index (χ0) is 13.5. The van der Waals surface area contributed by atoms with Crippen molar-refractivity contribution in [2.75, 3.05) is 13.2 Å². The van der Waals surface area contributed by atoms with Crippen LogP contribution in [0.25, 0.3) is 0 Å². The van der Waals surface area contributed by atoms with Crippen LogP contribution < -0.4 is 10.1 Å². The first-order valence-corrected chi connectivity index (χ1v) is 5.99. The van der Waals surface area contributed by atoms with Gasteiger partial charge >= 0.3 is 0 Å². The largest absolute Gasteiger partial charge is 0.482 e. The van der Waals surface area contributed by atoms with Crippen molar-refractivity contribution in [3.8, 4) is 5.75 Å². The van der Waals surface area contributed by atoms with E-state index in [2.05, 4.69) is 10.3 Å². The fraction of sp³-hybridized carbons (Fsp3) is 0.538. The van der Waals surface area contributed by atoms with Crippen LogP contribution in [0.2, 0.25) is 0 Å². The molecule has 0 radical (unpaired) electrons. The number of carbonyl (C=O) groups excluding carboxylic acids is 1. The predicted molar refractivity (Wildman–Crippen MR) is 68.2 cm³/mol. The molecular formula is C13H20N2O3. The minimum absolute atomic E-state index is 0.0650. The molecule has 1 aromatic heterocycles. The average molecular weight is 252 g/mol. The molecule has 0 aliphatic rings. The van der Waals surface area contributed by atoms with E-state index in [4.69, 9.17) is 9.84 Å². The van der Waals surface area contributed by atoms with E-state index in [0.717, 1.165) is 5.69 Å². The molecule has 0 aliphatic heterocycles. The number of ether oxygens (including phenoxy) is 1. The highest BCUT2D eigenvalue weighted by atomic mass is 16.5. The third kappa shape index (κ3) is 4.71. The summed E-state index contributed by atoms with van der Waals surface area (Å²) in [6.45, 7) is 6.23. The Bertz CT molecular complexity index is 405. The first kappa shape index (κ1) is 14.4. The third-order valence-electron chi connectivity index (χ3n) is 2.29. The van der Waals surface area contributed by atoms with E-state index in [1.807, 2.05) is 20.8 Å². The van der Waals surface area contributed by atoms with Gasteiger partial charge in [0.15, 0.2) is 6.61 Å². The van der Waals surface area contributed by atoms with Gasteiger partial charge in [0.25, 0.3) is 5.91 Å². The van der Waals surface area contributed by atoms with Crippen LogP contribution in [0.5, 0.6) is 5.75 Å². The normalized spacial score (nSPS) is 10.5. The lowest BCUT2D eigenvalue weighted by atomic mass is 10.2. The summed E-state index contributed by atoms with van der Waals surface area (Å²) < 4.78 is 5.34. The number of aromatic nitrogens is 1. The number of aliphatic hydroxyl groups excluding tert-OH is 1. The van der Waals surface area contributed by atoms with Crippen molar-refractivity contribution in [2.45, 2.75) is 27.4 Å². The molecule has 0 spiro atoms. The summed E-state index contributed by atoms with van der Waals surface area (Å²) in [6.07, 6.45) is 0. The second-order valence-electron chi connectivity index (χ2n) is 4.54. The summed E-state index contributed by atoms with van der Waals surface area (Å²) in [4.78, 5) is 15.6.